The fourth-order valence-corrected chi connectivity index (χ4v) is 3.92. The number of thiazole rings is 1. The average molecular weight is 300 g/mol. The number of aryl methyl sites for hydroxylation is 2. The first-order valence-electron chi connectivity index (χ1n) is 5.32. The lowest BCUT2D eigenvalue weighted by molar-refractivity contribution is 0.471. The molecule has 0 unspecified atom stereocenters. The van der Waals surface area contributed by atoms with E-state index >= 15 is 0 Å². The summed E-state index contributed by atoms with van der Waals surface area (Å²) in [5, 5.41) is 9.39. The highest BCUT2D eigenvalue weighted by Crippen LogP contribution is 2.24. The molecule has 19 heavy (non-hydrogen) atoms. The maximum Gasteiger partial charge on any atom is 0.306 e. The minimum absolute atomic E-state index is 0.0387. The first-order valence-corrected chi connectivity index (χ1v) is 7.62. The number of hydrogen-bond acceptors (Lipinski definition) is 5. The van der Waals surface area contributed by atoms with E-state index in [2.05, 4.69) is 9.71 Å². The SMILES string of the molecule is Cc1cc(NS(=O)(=O)c2sc(=O)[nH]c2C)ccc1O. The molecule has 0 fully saturated rings. The number of aromatic amines is 1. The van der Waals surface area contributed by atoms with Crippen LogP contribution in [0.2, 0.25) is 0 Å². The highest BCUT2D eigenvalue weighted by molar-refractivity contribution is 7.94. The maximum absolute atomic E-state index is 12.1. The zero-order chi connectivity index (χ0) is 14.2. The lowest BCUT2D eigenvalue weighted by Crippen LogP contribution is -2.12. The molecule has 0 bridgehead atoms. The number of anilines is 1. The van der Waals surface area contributed by atoms with Crippen LogP contribution in [0, 0.1) is 13.8 Å². The molecule has 0 aliphatic rings. The number of sulfonamides is 1. The molecule has 1 aromatic carbocycles. The molecule has 6 nitrogen and oxygen atoms in total. The van der Waals surface area contributed by atoms with Crippen LogP contribution in [-0.4, -0.2) is 18.5 Å². The van der Waals surface area contributed by atoms with Crippen molar-refractivity contribution < 1.29 is 13.5 Å². The van der Waals surface area contributed by atoms with Crippen LogP contribution in [0.1, 0.15) is 11.3 Å². The molecule has 2 rings (SSSR count). The van der Waals surface area contributed by atoms with Gasteiger partial charge < -0.3 is 10.1 Å². The van der Waals surface area contributed by atoms with Gasteiger partial charge in [0.1, 0.15) is 5.75 Å². The van der Waals surface area contributed by atoms with Gasteiger partial charge in [-0.25, -0.2) is 8.42 Å². The lowest BCUT2D eigenvalue weighted by Gasteiger charge is -2.08. The number of benzene rings is 1. The smallest absolute Gasteiger partial charge is 0.306 e. The van der Waals surface area contributed by atoms with Gasteiger partial charge in [-0.05, 0) is 37.6 Å². The molecular weight excluding hydrogens is 288 g/mol. The third-order valence-corrected chi connectivity index (χ3v) is 5.46. The summed E-state index contributed by atoms with van der Waals surface area (Å²) in [4.78, 5) is 13.2. The molecule has 0 atom stereocenters. The van der Waals surface area contributed by atoms with Crippen molar-refractivity contribution in [1.82, 2.24) is 4.98 Å². The molecule has 1 heterocycles. The molecule has 0 radical (unpaired) electrons. The van der Waals surface area contributed by atoms with Gasteiger partial charge in [0.05, 0.1) is 0 Å². The van der Waals surface area contributed by atoms with E-state index in [1.165, 1.54) is 25.1 Å². The Labute approximate surface area is 113 Å². The van der Waals surface area contributed by atoms with E-state index in [-0.39, 0.29) is 9.96 Å². The molecule has 0 spiro atoms. The van der Waals surface area contributed by atoms with Gasteiger partial charge in [0.25, 0.3) is 10.0 Å². The Hall–Kier alpha value is -1.80. The van der Waals surface area contributed by atoms with Crippen LogP contribution in [0.25, 0.3) is 0 Å². The van der Waals surface area contributed by atoms with E-state index in [1.54, 1.807) is 6.92 Å². The van der Waals surface area contributed by atoms with Gasteiger partial charge in [0.15, 0.2) is 4.21 Å². The number of rotatable bonds is 3. The monoisotopic (exact) mass is 300 g/mol. The van der Waals surface area contributed by atoms with Crippen LogP contribution in [0.4, 0.5) is 5.69 Å². The van der Waals surface area contributed by atoms with Crippen LogP contribution in [0.5, 0.6) is 5.75 Å². The number of nitrogens with one attached hydrogen (secondary N) is 2. The van der Waals surface area contributed by atoms with Gasteiger partial charge >= 0.3 is 4.87 Å². The second-order valence-corrected chi connectivity index (χ2v) is 6.89. The number of phenolic OH excluding ortho intramolecular Hbond substituents is 1. The van der Waals surface area contributed by atoms with Gasteiger partial charge in [-0.1, -0.05) is 11.3 Å². The second kappa shape index (κ2) is 4.71. The minimum Gasteiger partial charge on any atom is -0.508 e. The topological polar surface area (TPSA) is 99.3 Å². The highest BCUT2D eigenvalue weighted by atomic mass is 32.2. The lowest BCUT2D eigenvalue weighted by atomic mass is 10.2. The standard InChI is InChI=1S/C11H12N2O4S2/c1-6-5-8(3-4-9(6)14)13-19(16,17)10-7(2)12-11(15)18-10/h3-5,13-14H,1-2H3,(H,12,15). The summed E-state index contributed by atoms with van der Waals surface area (Å²) >= 11 is 0.637. The summed E-state index contributed by atoms with van der Waals surface area (Å²) in [7, 11) is -3.80. The molecule has 0 saturated carbocycles. The van der Waals surface area contributed by atoms with Gasteiger partial charge in [-0.15, -0.1) is 0 Å². The summed E-state index contributed by atoms with van der Waals surface area (Å²) in [5.74, 6) is 0.0884. The Morgan fingerprint density at radius 2 is 2.00 bits per heavy atom. The van der Waals surface area contributed by atoms with Crippen molar-refractivity contribution in [3.05, 3.63) is 39.1 Å². The van der Waals surface area contributed by atoms with Crippen LogP contribution in [0.15, 0.2) is 27.2 Å². The van der Waals surface area contributed by atoms with E-state index in [4.69, 9.17) is 0 Å². The number of hydrogen-bond donors (Lipinski definition) is 3. The van der Waals surface area contributed by atoms with Crippen molar-refractivity contribution in [3.63, 3.8) is 0 Å². The van der Waals surface area contributed by atoms with Crippen LogP contribution >= 0.6 is 11.3 Å². The molecule has 102 valence electrons. The van der Waals surface area contributed by atoms with E-state index < -0.39 is 14.9 Å². The zero-order valence-electron chi connectivity index (χ0n) is 10.2. The fourth-order valence-electron chi connectivity index (χ4n) is 1.57. The molecule has 1 aromatic heterocycles. The third-order valence-electron chi connectivity index (χ3n) is 2.47. The molecule has 0 aliphatic heterocycles. The van der Waals surface area contributed by atoms with Gasteiger partial charge in [0.2, 0.25) is 0 Å². The Balaban J connectivity index is 2.39. The molecule has 0 aliphatic carbocycles. The Morgan fingerprint density at radius 1 is 1.32 bits per heavy atom. The van der Waals surface area contributed by atoms with E-state index in [1.807, 2.05) is 0 Å². The number of aromatic nitrogens is 1. The Bertz CT molecular complexity index is 774. The number of phenols is 1. The molecule has 3 N–H and O–H groups in total. The van der Waals surface area contributed by atoms with Crippen LogP contribution in [-0.2, 0) is 10.0 Å². The Kier molecular flexibility index (Phi) is 3.38. The van der Waals surface area contributed by atoms with Crippen molar-refractivity contribution in [1.29, 1.82) is 0 Å². The molecule has 0 amide bonds. The minimum atomic E-state index is -3.80. The van der Waals surface area contributed by atoms with Crippen LogP contribution < -0.4 is 9.60 Å². The zero-order valence-corrected chi connectivity index (χ0v) is 11.9. The van der Waals surface area contributed by atoms with Crippen molar-refractivity contribution in [3.8, 4) is 5.75 Å². The number of H-pyrrole nitrogens is 1. The third kappa shape index (κ3) is 2.79. The summed E-state index contributed by atoms with van der Waals surface area (Å²) in [5.41, 5.74) is 1.19. The van der Waals surface area contributed by atoms with Crippen molar-refractivity contribution in [2.45, 2.75) is 18.1 Å². The number of aromatic hydroxyl groups is 1. The van der Waals surface area contributed by atoms with Crippen molar-refractivity contribution in [2.75, 3.05) is 4.72 Å². The fraction of sp³-hybridized carbons (Fsp3) is 0.182. The normalized spacial score (nSPS) is 11.5. The summed E-state index contributed by atoms with van der Waals surface area (Å²) < 4.78 is 26.6. The summed E-state index contributed by atoms with van der Waals surface area (Å²) in [6, 6.07) is 4.36. The van der Waals surface area contributed by atoms with E-state index in [0.29, 0.717) is 28.3 Å². The summed E-state index contributed by atoms with van der Waals surface area (Å²) in [6.07, 6.45) is 0. The Morgan fingerprint density at radius 3 is 2.53 bits per heavy atom. The van der Waals surface area contributed by atoms with E-state index in [0.717, 1.165) is 0 Å². The first kappa shape index (κ1) is 13.6. The first-order chi connectivity index (χ1) is 8.79. The molecule has 0 saturated heterocycles. The molecule has 8 heteroatoms. The average Bonchev–Trinajstić information content (AvgIpc) is 2.63. The molecule has 2 aromatic rings. The predicted octanol–water partition coefficient (Wildman–Crippen LogP) is 1.56. The van der Waals surface area contributed by atoms with Gasteiger partial charge in [-0.3, -0.25) is 9.52 Å². The van der Waals surface area contributed by atoms with Crippen LogP contribution in [0.3, 0.4) is 0 Å². The quantitative estimate of drug-likeness (QED) is 0.749. The summed E-state index contributed by atoms with van der Waals surface area (Å²) in [6.45, 7) is 3.18. The predicted molar refractivity (Wildman–Crippen MR) is 73.3 cm³/mol. The maximum atomic E-state index is 12.1. The largest absolute Gasteiger partial charge is 0.508 e. The second-order valence-electron chi connectivity index (χ2n) is 4.03. The van der Waals surface area contributed by atoms with Crippen molar-refractivity contribution in [2.24, 2.45) is 0 Å². The van der Waals surface area contributed by atoms with Gasteiger partial charge in [0, 0.05) is 11.4 Å². The van der Waals surface area contributed by atoms with Gasteiger partial charge in [-0.2, -0.15) is 0 Å². The molecular formula is C11H12N2O4S2. The highest BCUT2D eigenvalue weighted by Gasteiger charge is 2.20. The van der Waals surface area contributed by atoms with E-state index in [9.17, 15) is 18.3 Å². The van der Waals surface area contributed by atoms with Crippen molar-refractivity contribution >= 4 is 27.0 Å².